The zero-order valence-electron chi connectivity index (χ0n) is 21.0. The molecule has 0 radical (unpaired) electrons. The number of carbonyl (C=O) groups excluding carboxylic acids is 3. The molecule has 1 saturated heterocycles. The standard InChI is InChI=1S/C28H24Cl2N2O6S/c1-3-37-24-12-17(8-10-23(24)38-16-18-6-4-5-7-20(18)29)13-25-27(34)32(28(35)39-25)15-26(33)31-19-9-11-22(36-2)21(30)14-19/h4-14H,3,15-16H2,1-2H3,(H,31,33)/b25-13+. The van der Waals surface area contributed by atoms with Crippen LogP contribution in [0.2, 0.25) is 10.0 Å². The van der Waals surface area contributed by atoms with Crippen molar-refractivity contribution in [2.45, 2.75) is 13.5 Å². The molecule has 4 rings (SSSR count). The summed E-state index contributed by atoms with van der Waals surface area (Å²) >= 11 is 13.1. The van der Waals surface area contributed by atoms with Crippen molar-refractivity contribution in [3.63, 3.8) is 0 Å². The summed E-state index contributed by atoms with van der Waals surface area (Å²) in [6.07, 6.45) is 1.58. The van der Waals surface area contributed by atoms with E-state index in [1.807, 2.05) is 25.1 Å². The van der Waals surface area contributed by atoms with Gasteiger partial charge in [0.1, 0.15) is 18.9 Å². The van der Waals surface area contributed by atoms with E-state index in [1.165, 1.54) is 13.2 Å². The van der Waals surface area contributed by atoms with Crippen molar-refractivity contribution in [3.8, 4) is 17.2 Å². The van der Waals surface area contributed by atoms with Crippen molar-refractivity contribution in [2.75, 3.05) is 25.6 Å². The van der Waals surface area contributed by atoms with E-state index in [1.54, 1.807) is 42.5 Å². The van der Waals surface area contributed by atoms with Crippen LogP contribution >= 0.6 is 35.0 Å². The molecule has 3 aromatic rings. The lowest BCUT2D eigenvalue weighted by molar-refractivity contribution is -0.127. The highest BCUT2D eigenvalue weighted by Crippen LogP contribution is 2.35. The Hall–Kier alpha value is -3.66. The zero-order valence-corrected chi connectivity index (χ0v) is 23.4. The number of rotatable bonds is 10. The van der Waals surface area contributed by atoms with E-state index in [9.17, 15) is 14.4 Å². The van der Waals surface area contributed by atoms with Crippen LogP contribution in [0.15, 0.2) is 65.6 Å². The van der Waals surface area contributed by atoms with E-state index in [0.717, 1.165) is 22.2 Å². The Bertz CT molecular complexity index is 1450. The largest absolute Gasteiger partial charge is 0.495 e. The van der Waals surface area contributed by atoms with Crippen molar-refractivity contribution in [3.05, 3.63) is 86.7 Å². The first-order valence-corrected chi connectivity index (χ1v) is 13.4. The van der Waals surface area contributed by atoms with Gasteiger partial charge in [0.2, 0.25) is 5.91 Å². The Morgan fingerprint density at radius 2 is 1.74 bits per heavy atom. The predicted octanol–water partition coefficient (Wildman–Crippen LogP) is 6.65. The first-order chi connectivity index (χ1) is 18.8. The molecule has 1 N–H and O–H groups in total. The number of benzene rings is 3. The quantitative estimate of drug-likeness (QED) is 0.265. The molecule has 1 aliphatic rings. The van der Waals surface area contributed by atoms with Gasteiger partial charge in [0.15, 0.2) is 11.5 Å². The Morgan fingerprint density at radius 1 is 0.974 bits per heavy atom. The third-order valence-corrected chi connectivity index (χ3v) is 7.09. The Labute approximate surface area is 239 Å². The highest BCUT2D eigenvalue weighted by Gasteiger charge is 2.36. The highest BCUT2D eigenvalue weighted by molar-refractivity contribution is 8.18. The van der Waals surface area contributed by atoms with E-state index in [2.05, 4.69) is 5.32 Å². The summed E-state index contributed by atoms with van der Waals surface area (Å²) in [5.41, 5.74) is 1.87. The number of methoxy groups -OCH3 is 1. The van der Waals surface area contributed by atoms with Crippen molar-refractivity contribution >= 4 is 63.8 Å². The van der Waals surface area contributed by atoms with Gasteiger partial charge in [-0.3, -0.25) is 19.3 Å². The molecule has 1 fully saturated rings. The van der Waals surface area contributed by atoms with E-state index in [0.29, 0.717) is 45.2 Å². The first kappa shape index (κ1) is 28.4. The fraction of sp³-hybridized carbons (Fsp3) is 0.179. The number of nitrogens with zero attached hydrogens (tertiary/aromatic N) is 1. The predicted molar refractivity (Wildman–Crippen MR) is 153 cm³/mol. The van der Waals surface area contributed by atoms with Gasteiger partial charge in [0.05, 0.1) is 23.6 Å². The maximum Gasteiger partial charge on any atom is 0.294 e. The van der Waals surface area contributed by atoms with Crippen LogP contribution in [-0.4, -0.2) is 42.2 Å². The van der Waals surface area contributed by atoms with Crippen molar-refractivity contribution in [1.29, 1.82) is 0 Å². The molecule has 0 spiro atoms. The Kier molecular flexibility index (Phi) is 9.40. The molecule has 39 heavy (non-hydrogen) atoms. The molecule has 8 nitrogen and oxygen atoms in total. The summed E-state index contributed by atoms with van der Waals surface area (Å²) in [7, 11) is 1.48. The molecule has 11 heteroatoms. The van der Waals surface area contributed by atoms with Crippen LogP contribution in [0.3, 0.4) is 0 Å². The summed E-state index contributed by atoms with van der Waals surface area (Å²) in [4.78, 5) is 39.1. The lowest BCUT2D eigenvalue weighted by atomic mass is 10.1. The normalized spacial score (nSPS) is 14.1. The van der Waals surface area contributed by atoms with Crippen molar-refractivity contribution in [1.82, 2.24) is 4.90 Å². The SMILES string of the molecule is CCOc1cc(/C=C2/SC(=O)N(CC(=O)Nc3ccc(OC)c(Cl)c3)C2=O)ccc1OCc1ccccc1Cl. The third-order valence-electron chi connectivity index (χ3n) is 5.52. The lowest BCUT2D eigenvalue weighted by Gasteiger charge is -2.14. The maximum absolute atomic E-state index is 12.9. The van der Waals surface area contributed by atoms with Crippen LogP contribution in [0.5, 0.6) is 17.2 Å². The number of carbonyl (C=O) groups is 3. The number of anilines is 1. The Balaban J connectivity index is 1.44. The molecule has 0 aliphatic carbocycles. The third kappa shape index (κ3) is 7.06. The zero-order chi connectivity index (χ0) is 27.9. The van der Waals surface area contributed by atoms with Crippen LogP contribution in [-0.2, 0) is 16.2 Å². The fourth-order valence-electron chi connectivity index (χ4n) is 3.65. The van der Waals surface area contributed by atoms with E-state index in [4.69, 9.17) is 37.4 Å². The summed E-state index contributed by atoms with van der Waals surface area (Å²) in [5.74, 6) is 0.342. The number of ether oxygens (including phenoxy) is 3. The molecule has 0 aromatic heterocycles. The molecule has 3 aromatic carbocycles. The van der Waals surface area contributed by atoms with Gasteiger partial charge in [-0.15, -0.1) is 0 Å². The second-order valence-electron chi connectivity index (χ2n) is 8.18. The molecule has 202 valence electrons. The minimum absolute atomic E-state index is 0.187. The van der Waals surface area contributed by atoms with Gasteiger partial charge in [-0.1, -0.05) is 47.5 Å². The molecular weight excluding hydrogens is 563 g/mol. The average Bonchev–Trinajstić information content (AvgIpc) is 3.16. The number of halogens is 2. The van der Waals surface area contributed by atoms with Gasteiger partial charge in [0.25, 0.3) is 11.1 Å². The number of imide groups is 1. The number of hydrogen-bond donors (Lipinski definition) is 1. The van der Waals surface area contributed by atoms with Gasteiger partial charge in [-0.05, 0) is 66.7 Å². The van der Waals surface area contributed by atoms with Crippen LogP contribution in [0.25, 0.3) is 6.08 Å². The number of amides is 3. The molecule has 1 aliphatic heterocycles. The van der Waals surface area contributed by atoms with Crippen LogP contribution in [0.4, 0.5) is 10.5 Å². The summed E-state index contributed by atoms with van der Waals surface area (Å²) < 4.78 is 16.8. The highest BCUT2D eigenvalue weighted by atomic mass is 35.5. The molecule has 0 unspecified atom stereocenters. The molecule has 1 heterocycles. The van der Waals surface area contributed by atoms with Crippen molar-refractivity contribution in [2.24, 2.45) is 0 Å². The average molecular weight is 587 g/mol. The second kappa shape index (κ2) is 12.9. The monoisotopic (exact) mass is 586 g/mol. The summed E-state index contributed by atoms with van der Waals surface area (Å²) in [6, 6.07) is 17.3. The summed E-state index contributed by atoms with van der Waals surface area (Å²) in [5, 5.41) is 3.00. The fourth-order valence-corrected chi connectivity index (χ4v) is 4.94. The molecule has 0 atom stereocenters. The van der Waals surface area contributed by atoms with E-state index >= 15 is 0 Å². The van der Waals surface area contributed by atoms with Gasteiger partial charge in [0, 0.05) is 16.3 Å². The van der Waals surface area contributed by atoms with Crippen LogP contribution in [0, 0.1) is 0 Å². The molecule has 3 amide bonds. The minimum atomic E-state index is -0.565. The lowest BCUT2D eigenvalue weighted by Crippen LogP contribution is -2.36. The second-order valence-corrected chi connectivity index (χ2v) is 9.99. The summed E-state index contributed by atoms with van der Waals surface area (Å²) in [6.45, 7) is 2.06. The van der Waals surface area contributed by atoms with E-state index in [-0.39, 0.29) is 11.5 Å². The first-order valence-electron chi connectivity index (χ1n) is 11.8. The Morgan fingerprint density at radius 3 is 2.46 bits per heavy atom. The number of hydrogen-bond acceptors (Lipinski definition) is 7. The van der Waals surface area contributed by atoms with Gasteiger partial charge in [-0.25, -0.2) is 0 Å². The van der Waals surface area contributed by atoms with Gasteiger partial charge >= 0.3 is 0 Å². The molecular formula is C28H24Cl2N2O6S. The number of nitrogens with one attached hydrogen (secondary N) is 1. The van der Waals surface area contributed by atoms with Gasteiger partial charge < -0.3 is 19.5 Å². The van der Waals surface area contributed by atoms with Crippen LogP contribution < -0.4 is 19.5 Å². The van der Waals surface area contributed by atoms with Crippen LogP contribution in [0.1, 0.15) is 18.1 Å². The smallest absolute Gasteiger partial charge is 0.294 e. The van der Waals surface area contributed by atoms with Crippen molar-refractivity contribution < 1.29 is 28.6 Å². The number of thioether (sulfide) groups is 1. The maximum atomic E-state index is 12.9. The van der Waals surface area contributed by atoms with Gasteiger partial charge in [-0.2, -0.15) is 0 Å². The molecule has 0 bridgehead atoms. The topological polar surface area (TPSA) is 94.2 Å². The minimum Gasteiger partial charge on any atom is -0.495 e. The van der Waals surface area contributed by atoms with E-state index < -0.39 is 23.6 Å². The molecule has 0 saturated carbocycles.